The van der Waals surface area contributed by atoms with E-state index in [9.17, 15) is 5.11 Å². The highest BCUT2D eigenvalue weighted by Crippen LogP contribution is 2.25. The third-order valence-corrected chi connectivity index (χ3v) is 4.65. The molecule has 2 rings (SSSR count). The van der Waals surface area contributed by atoms with Gasteiger partial charge in [-0.1, -0.05) is 26.2 Å². The van der Waals surface area contributed by atoms with Crippen molar-refractivity contribution in [2.24, 2.45) is 17.6 Å². The first-order chi connectivity index (χ1) is 8.16. The van der Waals surface area contributed by atoms with Gasteiger partial charge in [-0.3, -0.25) is 0 Å². The summed E-state index contributed by atoms with van der Waals surface area (Å²) in [4.78, 5) is 2.52. The van der Waals surface area contributed by atoms with Gasteiger partial charge in [-0.2, -0.15) is 0 Å². The predicted molar refractivity (Wildman–Crippen MR) is 70.8 cm³/mol. The highest BCUT2D eigenvalue weighted by molar-refractivity contribution is 4.83. The number of hydrogen-bond donors (Lipinski definition) is 2. The van der Waals surface area contributed by atoms with E-state index in [0.717, 1.165) is 26.1 Å². The van der Waals surface area contributed by atoms with E-state index < -0.39 is 0 Å². The van der Waals surface area contributed by atoms with Gasteiger partial charge in [-0.15, -0.1) is 0 Å². The van der Waals surface area contributed by atoms with Crippen molar-refractivity contribution in [2.75, 3.05) is 19.6 Å². The van der Waals surface area contributed by atoms with Crippen LogP contribution in [0.5, 0.6) is 0 Å². The number of likely N-dealkylation sites (tertiary alicyclic amines) is 1. The maximum Gasteiger partial charge on any atom is 0.0590 e. The molecule has 1 aliphatic heterocycles. The minimum Gasteiger partial charge on any atom is -0.393 e. The largest absolute Gasteiger partial charge is 0.393 e. The second kappa shape index (κ2) is 6.17. The molecular weight excluding hydrogens is 212 g/mol. The Morgan fingerprint density at radius 3 is 2.71 bits per heavy atom. The summed E-state index contributed by atoms with van der Waals surface area (Å²) in [5.41, 5.74) is 6.28. The summed E-state index contributed by atoms with van der Waals surface area (Å²) in [6.45, 7) is 5.40. The number of aliphatic hydroxyl groups excluding tert-OH is 1. The van der Waals surface area contributed by atoms with E-state index in [1.54, 1.807) is 0 Å². The molecule has 3 heteroatoms. The van der Waals surface area contributed by atoms with Crippen LogP contribution >= 0.6 is 0 Å². The molecule has 0 radical (unpaired) electrons. The average molecular weight is 240 g/mol. The van der Waals surface area contributed by atoms with Crippen LogP contribution in [0.3, 0.4) is 0 Å². The first kappa shape index (κ1) is 13.3. The molecule has 2 fully saturated rings. The smallest absolute Gasteiger partial charge is 0.0590 e. The van der Waals surface area contributed by atoms with Crippen LogP contribution in [0.25, 0.3) is 0 Å². The molecule has 1 saturated carbocycles. The standard InChI is InChI=1S/C14H28N2O/c1-11-9-16(8-7-14(11)17)10-12-5-3-2-4-6-13(12)15/h11-14,17H,2-10,15H2,1H3. The molecule has 4 unspecified atom stereocenters. The Labute approximate surface area is 105 Å². The summed E-state index contributed by atoms with van der Waals surface area (Å²) in [5.74, 6) is 1.10. The molecule has 0 aromatic heterocycles. The summed E-state index contributed by atoms with van der Waals surface area (Å²) in [6.07, 6.45) is 7.37. The lowest BCUT2D eigenvalue weighted by Gasteiger charge is -2.37. The normalized spacial score (nSPS) is 41.1. The number of hydrogen-bond acceptors (Lipinski definition) is 3. The van der Waals surface area contributed by atoms with Crippen LogP contribution in [0.4, 0.5) is 0 Å². The minimum absolute atomic E-state index is 0.0888. The molecule has 4 atom stereocenters. The summed E-state index contributed by atoms with van der Waals surface area (Å²) in [7, 11) is 0. The van der Waals surface area contributed by atoms with Crippen molar-refractivity contribution in [3.8, 4) is 0 Å². The van der Waals surface area contributed by atoms with Crippen molar-refractivity contribution in [3.05, 3.63) is 0 Å². The minimum atomic E-state index is -0.0888. The second-order valence-electron chi connectivity index (χ2n) is 6.15. The molecule has 1 heterocycles. The Balaban J connectivity index is 1.83. The molecule has 100 valence electrons. The molecule has 1 saturated heterocycles. The molecule has 3 nitrogen and oxygen atoms in total. The van der Waals surface area contributed by atoms with Crippen molar-refractivity contribution in [2.45, 2.75) is 57.6 Å². The quantitative estimate of drug-likeness (QED) is 0.721. The number of aliphatic hydroxyl groups is 1. The predicted octanol–water partition coefficient (Wildman–Crippen LogP) is 1.60. The van der Waals surface area contributed by atoms with Crippen molar-refractivity contribution in [1.82, 2.24) is 4.90 Å². The number of rotatable bonds is 2. The van der Waals surface area contributed by atoms with Gasteiger partial charge < -0.3 is 15.7 Å². The highest BCUT2D eigenvalue weighted by Gasteiger charge is 2.28. The van der Waals surface area contributed by atoms with Gasteiger partial charge in [0.2, 0.25) is 0 Å². The van der Waals surface area contributed by atoms with Crippen LogP contribution in [0, 0.1) is 11.8 Å². The van der Waals surface area contributed by atoms with Crippen LogP contribution in [-0.2, 0) is 0 Å². The number of piperidine rings is 1. The van der Waals surface area contributed by atoms with Gasteiger partial charge in [0, 0.05) is 25.7 Å². The molecule has 0 amide bonds. The van der Waals surface area contributed by atoms with E-state index in [-0.39, 0.29) is 6.10 Å². The Hall–Kier alpha value is -0.120. The molecule has 2 aliphatic rings. The van der Waals surface area contributed by atoms with Crippen LogP contribution in [0.2, 0.25) is 0 Å². The van der Waals surface area contributed by atoms with Crippen molar-refractivity contribution in [3.63, 3.8) is 0 Å². The monoisotopic (exact) mass is 240 g/mol. The molecule has 3 N–H and O–H groups in total. The third kappa shape index (κ3) is 3.67. The summed E-state index contributed by atoms with van der Waals surface area (Å²) in [6, 6.07) is 0.402. The van der Waals surface area contributed by atoms with Crippen molar-refractivity contribution in [1.29, 1.82) is 0 Å². The highest BCUT2D eigenvalue weighted by atomic mass is 16.3. The van der Waals surface area contributed by atoms with E-state index in [1.165, 1.54) is 32.1 Å². The fraction of sp³-hybridized carbons (Fsp3) is 1.00. The van der Waals surface area contributed by atoms with Gasteiger partial charge in [-0.05, 0) is 31.1 Å². The van der Waals surface area contributed by atoms with Gasteiger partial charge in [0.1, 0.15) is 0 Å². The maximum absolute atomic E-state index is 9.75. The number of nitrogens with zero attached hydrogens (tertiary/aromatic N) is 1. The Kier molecular flexibility index (Phi) is 4.83. The lowest BCUT2D eigenvalue weighted by atomic mass is 9.91. The third-order valence-electron chi connectivity index (χ3n) is 4.65. The number of nitrogens with two attached hydrogens (primary N) is 1. The Bertz CT molecular complexity index is 234. The van der Waals surface area contributed by atoms with Crippen LogP contribution in [0.15, 0.2) is 0 Å². The first-order valence-corrected chi connectivity index (χ1v) is 7.33. The molecule has 17 heavy (non-hydrogen) atoms. The lowest BCUT2D eigenvalue weighted by molar-refractivity contribution is 0.0270. The van der Waals surface area contributed by atoms with E-state index >= 15 is 0 Å². The first-order valence-electron chi connectivity index (χ1n) is 7.33. The molecule has 1 aliphatic carbocycles. The van der Waals surface area contributed by atoms with Gasteiger partial charge in [0.15, 0.2) is 0 Å². The van der Waals surface area contributed by atoms with Crippen LogP contribution < -0.4 is 5.73 Å². The summed E-state index contributed by atoms with van der Waals surface area (Å²) in [5, 5.41) is 9.75. The summed E-state index contributed by atoms with van der Waals surface area (Å²) >= 11 is 0. The zero-order chi connectivity index (χ0) is 12.3. The fourth-order valence-corrected chi connectivity index (χ4v) is 3.36. The average Bonchev–Trinajstić information content (AvgIpc) is 2.50. The fourth-order valence-electron chi connectivity index (χ4n) is 3.36. The van der Waals surface area contributed by atoms with E-state index in [1.807, 2.05) is 0 Å². The van der Waals surface area contributed by atoms with Gasteiger partial charge in [0.05, 0.1) is 6.10 Å². The molecule has 0 aromatic rings. The molecular formula is C14H28N2O. The second-order valence-corrected chi connectivity index (χ2v) is 6.15. The zero-order valence-corrected chi connectivity index (χ0v) is 11.1. The zero-order valence-electron chi connectivity index (χ0n) is 11.1. The Morgan fingerprint density at radius 1 is 1.18 bits per heavy atom. The Morgan fingerprint density at radius 2 is 1.94 bits per heavy atom. The van der Waals surface area contributed by atoms with Gasteiger partial charge >= 0.3 is 0 Å². The van der Waals surface area contributed by atoms with E-state index in [4.69, 9.17) is 5.73 Å². The summed E-state index contributed by atoms with van der Waals surface area (Å²) < 4.78 is 0. The van der Waals surface area contributed by atoms with Crippen LogP contribution in [-0.4, -0.2) is 41.8 Å². The lowest BCUT2D eigenvalue weighted by Crippen LogP contribution is -2.46. The van der Waals surface area contributed by atoms with Crippen LogP contribution in [0.1, 0.15) is 45.4 Å². The molecule has 0 bridgehead atoms. The molecule has 0 spiro atoms. The molecule has 0 aromatic carbocycles. The van der Waals surface area contributed by atoms with Gasteiger partial charge in [0.25, 0.3) is 0 Å². The maximum atomic E-state index is 9.75. The SMILES string of the molecule is CC1CN(CC2CCCCCC2N)CCC1O. The van der Waals surface area contributed by atoms with Gasteiger partial charge in [-0.25, -0.2) is 0 Å². The van der Waals surface area contributed by atoms with Crippen molar-refractivity contribution < 1.29 is 5.11 Å². The van der Waals surface area contributed by atoms with E-state index in [2.05, 4.69) is 11.8 Å². The topological polar surface area (TPSA) is 49.5 Å². The van der Waals surface area contributed by atoms with Crippen molar-refractivity contribution >= 4 is 0 Å². The van der Waals surface area contributed by atoms with E-state index in [0.29, 0.717) is 17.9 Å².